The van der Waals surface area contributed by atoms with Crippen LogP contribution in [0.5, 0.6) is 11.5 Å². The number of allylic oxidation sites excluding steroid dienone is 1. The quantitative estimate of drug-likeness (QED) is 0.462. The van der Waals surface area contributed by atoms with Crippen molar-refractivity contribution >= 4 is 22.9 Å². The topological polar surface area (TPSA) is 108 Å². The van der Waals surface area contributed by atoms with Crippen molar-refractivity contribution in [2.24, 2.45) is 0 Å². The standard InChI is InChI=1S/C25H24N6O3/c1-2-6-21(32)29-14-13-18(15-29)31-24-22(23(26)27-16-28-24)30(25(31)33)17-9-11-20(12-10-17)34-19-7-4-3-5-8-19/h2-12,16,18H,13-15H2,1H3,(H2,26,27,28)/b6-2+/t18-/m1/s1. The third-order valence-electron chi connectivity index (χ3n) is 5.90. The van der Waals surface area contributed by atoms with Crippen LogP contribution in [-0.2, 0) is 4.79 Å². The molecule has 1 amide bonds. The predicted molar refractivity (Wildman–Crippen MR) is 129 cm³/mol. The summed E-state index contributed by atoms with van der Waals surface area (Å²) in [4.78, 5) is 36.2. The summed E-state index contributed by atoms with van der Waals surface area (Å²) in [6.07, 6.45) is 5.25. The van der Waals surface area contributed by atoms with Gasteiger partial charge in [-0.2, -0.15) is 0 Å². The number of rotatable bonds is 5. The van der Waals surface area contributed by atoms with E-state index in [9.17, 15) is 9.59 Å². The van der Waals surface area contributed by atoms with E-state index in [-0.39, 0.29) is 23.5 Å². The number of carbonyl (C=O) groups is 1. The average Bonchev–Trinajstić information content (AvgIpc) is 3.43. The zero-order chi connectivity index (χ0) is 23.7. The fourth-order valence-electron chi connectivity index (χ4n) is 4.32. The smallest absolute Gasteiger partial charge is 0.335 e. The molecule has 1 atom stereocenters. The molecule has 172 valence electrons. The number of anilines is 1. The fourth-order valence-corrected chi connectivity index (χ4v) is 4.32. The third-order valence-corrected chi connectivity index (χ3v) is 5.90. The fraction of sp³-hybridized carbons (Fsp3) is 0.200. The van der Waals surface area contributed by atoms with Crippen LogP contribution in [0.15, 0.2) is 77.9 Å². The summed E-state index contributed by atoms with van der Waals surface area (Å²) in [7, 11) is 0. The molecule has 9 heteroatoms. The van der Waals surface area contributed by atoms with Crippen molar-refractivity contribution in [3.8, 4) is 17.2 Å². The van der Waals surface area contributed by atoms with Crippen molar-refractivity contribution < 1.29 is 9.53 Å². The highest BCUT2D eigenvalue weighted by atomic mass is 16.5. The first-order chi connectivity index (χ1) is 16.6. The van der Waals surface area contributed by atoms with Crippen LogP contribution in [0.3, 0.4) is 0 Å². The molecule has 0 saturated carbocycles. The van der Waals surface area contributed by atoms with Gasteiger partial charge < -0.3 is 15.4 Å². The van der Waals surface area contributed by atoms with E-state index in [1.165, 1.54) is 17.0 Å². The van der Waals surface area contributed by atoms with E-state index in [4.69, 9.17) is 10.5 Å². The lowest BCUT2D eigenvalue weighted by molar-refractivity contribution is -0.125. The van der Waals surface area contributed by atoms with Gasteiger partial charge in [0.1, 0.15) is 23.3 Å². The number of carbonyl (C=O) groups excluding carboxylic acids is 1. The van der Waals surface area contributed by atoms with Crippen LogP contribution in [0, 0.1) is 0 Å². The Morgan fingerprint density at radius 3 is 2.56 bits per heavy atom. The van der Waals surface area contributed by atoms with Crippen LogP contribution < -0.4 is 16.2 Å². The van der Waals surface area contributed by atoms with Gasteiger partial charge in [-0.05, 0) is 55.8 Å². The summed E-state index contributed by atoms with van der Waals surface area (Å²) < 4.78 is 9.02. The van der Waals surface area contributed by atoms with Crippen molar-refractivity contribution in [2.45, 2.75) is 19.4 Å². The van der Waals surface area contributed by atoms with Gasteiger partial charge >= 0.3 is 5.69 Å². The van der Waals surface area contributed by atoms with E-state index >= 15 is 0 Å². The monoisotopic (exact) mass is 456 g/mol. The second-order valence-corrected chi connectivity index (χ2v) is 8.05. The minimum Gasteiger partial charge on any atom is -0.457 e. The van der Waals surface area contributed by atoms with E-state index in [0.717, 1.165) is 5.75 Å². The molecule has 0 aliphatic carbocycles. The number of nitrogens with two attached hydrogens (primary N) is 1. The zero-order valence-electron chi connectivity index (χ0n) is 18.7. The van der Waals surface area contributed by atoms with Crippen LogP contribution in [0.4, 0.5) is 5.82 Å². The molecule has 0 unspecified atom stereocenters. The Hall–Kier alpha value is -4.40. The van der Waals surface area contributed by atoms with Crippen LogP contribution in [0.2, 0.25) is 0 Å². The van der Waals surface area contributed by atoms with E-state index in [0.29, 0.717) is 42.1 Å². The number of likely N-dealkylation sites (tertiary alicyclic amines) is 1. The maximum atomic E-state index is 13.7. The normalized spacial score (nSPS) is 15.9. The van der Waals surface area contributed by atoms with Crippen LogP contribution in [0.25, 0.3) is 16.9 Å². The highest BCUT2D eigenvalue weighted by Crippen LogP contribution is 2.28. The lowest BCUT2D eigenvalue weighted by atomic mass is 10.2. The molecular weight excluding hydrogens is 432 g/mol. The first-order valence-corrected chi connectivity index (χ1v) is 11.0. The van der Waals surface area contributed by atoms with Crippen molar-refractivity contribution in [1.29, 1.82) is 0 Å². The summed E-state index contributed by atoms with van der Waals surface area (Å²) in [5.41, 5.74) is 7.44. The second kappa shape index (κ2) is 8.86. The van der Waals surface area contributed by atoms with Gasteiger partial charge in [-0.3, -0.25) is 13.9 Å². The molecule has 2 N–H and O–H groups in total. The number of hydrogen-bond acceptors (Lipinski definition) is 6. The van der Waals surface area contributed by atoms with Gasteiger partial charge in [-0.15, -0.1) is 0 Å². The molecule has 1 aliphatic heterocycles. The maximum Gasteiger partial charge on any atom is 0.335 e. The molecular formula is C25H24N6O3. The molecule has 2 aromatic heterocycles. The van der Waals surface area contributed by atoms with Gasteiger partial charge in [-0.1, -0.05) is 24.3 Å². The molecule has 1 saturated heterocycles. The molecule has 4 aromatic rings. The number of hydrogen-bond donors (Lipinski definition) is 1. The highest BCUT2D eigenvalue weighted by Gasteiger charge is 2.31. The molecule has 1 fully saturated rings. The van der Waals surface area contributed by atoms with Crippen molar-refractivity contribution in [3.63, 3.8) is 0 Å². The maximum absolute atomic E-state index is 13.7. The van der Waals surface area contributed by atoms with Crippen molar-refractivity contribution in [1.82, 2.24) is 24.0 Å². The molecule has 0 spiro atoms. The van der Waals surface area contributed by atoms with Crippen LogP contribution >= 0.6 is 0 Å². The number of nitrogen functional groups attached to an aromatic ring is 1. The number of ether oxygens (including phenoxy) is 1. The van der Waals surface area contributed by atoms with Crippen molar-refractivity contribution in [3.05, 3.63) is 83.6 Å². The molecule has 5 rings (SSSR count). The van der Waals surface area contributed by atoms with Gasteiger partial charge in [0.25, 0.3) is 0 Å². The van der Waals surface area contributed by atoms with E-state index in [2.05, 4.69) is 9.97 Å². The van der Waals surface area contributed by atoms with Crippen LogP contribution in [-0.4, -0.2) is 43.0 Å². The number of para-hydroxylation sites is 1. The van der Waals surface area contributed by atoms with Gasteiger partial charge in [0.05, 0.1) is 11.7 Å². The molecule has 0 radical (unpaired) electrons. The second-order valence-electron chi connectivity index (χ2n) is 8.05. The molecule has 1 aliphatic rings. The number of amides is 1. The summed E-state index contributed by atoms with van der Waals surface area (Å²) >= 11 is 0. The number of benzene rings is 2. The molecule has 3 heterocycles. The molecule has 0 bridgehead atoms. The van der Waals surface area contributed by atoms with Gasteiger partial charge in [0.2, 0.25) is 5.91 Å². The first-order valence-electron chi connectivity index (χ1n) is 11.0. The van der Waals surface area contributed by atoms with E-state index in [1.807, 2.05) is 30.3 Å². The van der Waals surface area contributed by atoms with Gasteiger partial charge in [0, 0.05) is 13.1 Å². The summed E-state index contributed by atoms with van der Waals surface area (Å²) in [5, 5.41) is 0. The summed E-state index contributed by atoms with van der Waals surface area (Å²) in [5.74, 6) is 1.51. The predicted octanol–water partition coefficient (Wildman–Crippen LogP) is 3.31. The molecule has 34 heavy (non-hydrogen) atoms. The molecule has 9 nitrogen and oxygen atoms in total. The molecule has 2 aromatic carbocycles. The Labute approximate surface area is 195 Å². The van der Waals surface area contributed by atoms with Gasteiger partial charge in [-0.25, -0.2) is 14.8 Å². The number of aromatic nitrogens is 4. The Balaban J connectivity index is 1.53. The van der Waals surface area contributed by atoms with Gasteiger partial charge in [0.15, 0.2) is 11.5 Å². The minimum absolute atomic E-state index is 0.0649. The lowest BCUT2D eigenvalue weighted by Gasteiger charge is -2.15. The highest BCUT2D eigenvalue weighted by molar-refractivity contribution is 5.88. The Morgan fingerprint density at radius 2 is 1.82 bits per heavy atom. The Morgan fingerprint density at radius 1 is 1.09 bits per heavy atom. The van der Waals surface area contributed by atoms with E-state index in [1.54, 1.807) is 46.7 Å². The minimum atomic E-state index is -0.274. The first kappa shape index (κ1) is 21.4. The third kappa shape index (κ3) is 3.81. The Kier molecular flexibility index (Phi) is 5.59. The lowest BCUT2D eigenvalue weighted by Crippen LogP contribution is -2.31. The SMILES string of the molecule is C/C=C/C(=O)N1CC[C@@H](n2c(=O)n(-c3ccc(Oc4ccccc4)cc3)c3c(N)ncnc32)C1. The Bertz CT molecular complexity index is 1420. The van der Waals surface area contributed by atoms with Crippen molar-refractivity contribution in [2.75, 3.05) is 18.8 Å². The summed E-state index contributed by atoms with van der Waals surface area (Å²) in [6.45, 7) is 2.80. The number of imidazole rings is 1. The summed E-state index contributed by atoms with van der Waals surface area (Å²) in [6, 6.07) is 16.4. The average molecular weight is 457 g/mol. The number of fused-ring (bicyclic) bond motifs is 1. The van der Waals surface area contributed by atoms with Crippen LogP contribution in [0.1, 0.15) is 19.4 Å². The van der Waals surface area contributed by atoms with E-state index < -0.39 is 0 Å². The zero-order valence-corrected chi connectivity index (χ0v) is 18.7. The number of nitrogens with zero attached hydrogens (tertiary/aromatic N) is 5. The largest absolute Gasteiger partial charge is 0.457 e.